The maximum atomic E-state index is 14.2. The highest BCUT2D eigenvalue weighted by molar-refractivity contribution is 9.10. The lowest BCUT2D eigenvalue weighted by atomic mass is 9.61. The molecule has 0 saturated heterocycles. The fourth-order valence-corrected chi connectivity index (χ4v) is 6.26. The number of carbonyl (C=O) groups is 3. The topological polar surface area (TPSA) is 132 Å². The molecule has 4 unspecified atom stereocenters. The van der Waals surface area contributed by atoms with E-state index in [1.165, 1.54) is 28.3 Å². The number of hydrogen-bond donors (Lipinski definition) is 3. The van der Waals surface area contributed by atoms with E-state index in [2.05, 4.69) is 26.6 Å². The molecule has 1 fully saturated rings. The van der Waals surface area contributed by atoms with Crippen LogP contribution < -0.4 is 29.6 Å². The van der Waals surface area contributed by atoms with Crippen molar-refractivity contribution < 1.29 is 38.4 Å². The van der Waals surface area contributed by atoms with Crippen molar-refractivity contribution in [3.8, 4) is 23.0 Å². The third-order valence-corrected chi connectivity index (χ3v) is 8.24. The van der Waals surface area contributed by atoms with Crippen LogP contribution in [0.2, 0.25) is 0 Å². The van der Waals surface area contributed by atoms with Crippen LogP contribution in [0.1, 0.15) is 38.2 Å². The Morgan fingerprint density at radius 3 is 2.00 bits per heavy atom. The van der Waals surface area contributed by atoms with Crippen LogP contribution in [0, 0.1) is 11.8 Å². The molecule has 3 N–H and O–H groups in total. The Morgan fingerprint density at radius 1 is 0.909 bits per heavy atom. The highest BCUT2D eigenvalue weighted by atomic mass is 79.9. The number of aliphatic hydroxyl groups is 1. The van der Waals surface area contributed by atoms with E-state index in [9.17, 15) is 19.5 Å². The average molecular weight is 670 g/mol. The quantitative estimate of drug-likeness (QED) is 0.226. The number of anilines is 2. The van der Waals surface area contributed by atoms with Crippen LogP contribution >= 0.6 is 15.9 Å². The third kappa shape index (κ3) is 6.84. The summed E-state index contributed by atoms with van der Waals surface area (Å²) in [7, 11) is 4.43. The van der Waals surface area contributed by atoms with Gasteiger partial charge in [-0.3, -0.25) is 14.4 Å². The molecule has 3 aromatic rings. The number of methoxy groups -OCH3 is 3. The first-order valence-corrected chi connectivity index (χ1v) is 15.0. The lowest BCUT2D eigenvalue weighted by Gasteiger charge is -2.44. The van der Waals surface area contributed by atoms with E-state index in [4.69, 9.17) is 18.9 Å². The van der Waals surface area contributed by atoms with Gasteiger partial charge in [0.1, 0.15) is 23.2 Å². The Hall–Kier alpha value is -4.09. The normalized spacial score (nSPS) is 21.2. The fourth-order valence-electron chi connectivity index (χ4n) is 5.69. The smallest absolute Gasteiger partial charge is 0.235 e. The van der Waals surface area contributed by atoms with Crippen molar-refractivity contribution in [1.29, 1.82) is 0 Å². The van der Waals surface area contributed by atoms with Crippen LogP contribution in [0.3, 0.4) is 0 Å². The number of ether oxygens (including phenoxy) is 4. The predicted molar refractivity (Wildman–Crippen MR) is 170 cm³/mol. The maximum absolute atomic E-state index is 14.2. The molecule has 10 nitrogen and oxygen atoms in total. The second kappa shape index (κ2) is 14.1. The number of para-hydroxylation sites is 4. The molecule has 1 aliphatic rings. The second-order valence-electron chi connectivity index (χ2n) is 10.7. The van der Waals surface area contributed by atoms with E-state index in [-0.39, 0.29) is 0 Å². The number of ketones is 1. The summed E-state index contributed by atoms with van der Waals surface area (Å²) in [4.78, 5) is 42.0. The van der Waals surface area contributed by atoms with Gasteiger partial charge >= 0.3 is 0 Å². The van der Waals surface area contributed by atoms with E-state index < -0.39 is 47.4 Å². The Balaban J connectivity index is 1.87. The van der Waals surface area contributed by atoms with Crippen molar-refractivity contribution in [3.05, 3.63) is 70.7 Å². The molecule has 0 bridgehead atoms. The molecule has 234 valence electrons. The molecule has 3 aromatic carbocycles. The van der Waals surface area contributed by atoms with E-state index in [1.807, 2.05) is 6.92 Å². The minimum atomic E-state index is -1.81. The van der Waals surface area contributed by atoms with Gasteiger partial charge in [0.15, 0.2) is 11.5 Å². The Labute approximate surface area is 265 Å². The number of nitrogens with one attached hydrogen (secondary N) is 2. The number of hydrogen-bond acceptors (Lipinski definition) is 8. The van der Waals surface area contributed by atoms with Crippen LogP contribution in [0.5, 0.6) is 23.0 Å². The van der Waals surface area contributed by atoms with Crippen LogP contribution in [-0.4, -0.2) is 56.2 Å². The number of carbonyl (C=O) groups excluding carboxylic acids is 3. The zero-order chi connectivity index (χ0) is 32.0. The third-order valence-electron chi connectivity index (χ3n) is 7.65. The summed E-state index contributed by atoms with van der Waals surface area (Å²) in [6.07, 6.45) is 0.335. The van der Waals surface area contributed by atoms with Crippen molar-refractivity contribution in [1.82, 2.24) is 0 Å². The average Bonchev–Trinajstić information content (AvgIpc) is 2.99. The summed E-state index contributed by atoms with van der Waals surface area (Å²) in [5.41, 5.74) is -0.651. The summed E-state index contributed by atoms with van der Waals surface area (Å²) in [5.74, 6) is -3.87. The number of halogens is 1. The summed E-state index contributed by atoms with van der Waals surface area (Å²) in [6.45, 7) is 3.84. The van der Waals surface area contributed by atoms with Crippen LogP contribution in [0.15, 0.2) is 65.1 Å². The van der Waals surface area contributed by atoms with Gasteiger partial charge in [-0.1, -0.05) is 31.2 Å². The molecule has 1 aliphatic carbocycles. The van der Waals surface area contributed by atoms with Crippen molar-refractivity contribution >= 4 is 44.9 Å². The molecular weight excluding hydrogens is 632 g/mol. The molecule has 4 rings (SSSR count). The van der Waals surface area contributed by atoms with Crippen LogP contribution in [0.4, 0.5) is 11.4 Å². The number of rotatable bonds is 11. The summed E-state index contributed by atoms with van der Waals surface area (Å²) < 4.78 is 22.8. The van der Waals surface area contributed by atoms with Gasteiger partial charge in [0.05, 0.1) is 55.3 Å². The van der Waals surface area contributed by atoms with Crippen molar-refractivity contribution in [2.75, 3.05) is 38.6 Å². The zero-order valence-electron chi connectivity index (χ0n) is 25.3. The summed E-state index contributed by atoms with van der Waals surface area (Å²) in [6, 6.07) is 17.0. The predicted octanol–water partition coefficient (Wildman–Crippen LogP) is 5.58. The molecule has 0 spiro atoms. The lowest BCUT2D eigenvalue weighted by molar-refractivity contribution is -0.150. The molecule has 4 atom stereocenters. The maximum Gasteiger partial charge on any atom is 0.235 e. The molecule has 2 amide bonds. The Morgan fingerprint density at radius 2 is 1.45 bits per heavy atom. The summed E-state index contributed by atoms with van der Waals surface area (Å²) >= 11 is 3.55. The highest BCUT2D eigenvalue weighted by Gasteiger charge is 2.56. The van der Waals surface area contributed by atoms with E-state index in [0.29, 0.717) is 51.0 Å². The van der Waals surface area contributed by atoms with Gasteiger partial charge in [0.25, 0.3) is 0 Å². The molecular formula is C33H37BrN2O8. The van der Waals surface area contributed by atoms with Gasteiger partial charge in [-0.05, 0) is 71.2 Å². The Kier molecular flexibility index (Phi) is 10.5. The van der Waals surface area contributed by atoms with Crippen molar-refractivity contribution in [2.45, 2.75) is 38.2 Å². The first-order valence-electron chi connectivity index (χ1n) is 14.2. The lowest BCUT2D eigenvalue weighted by Crippen LogP contribution is -2.56. The van der Waals surface area contributed by atoms with Gasteiger partial charge in [-0.25, -0.2) is 0 Å². The monoisotopic (exact) mass is 668 g/mol. The SMILES string of the molecule is CCCOc1c(Br)cc(C2C(C(=O)Nc3ccccc3OC)C(=O)CC(C)(O)C2C(=O)Nc2ccccc2OC)cc1OC. The fraction of sp³-hybridized carbons (Fsp3) is 0.364. The van der Waals surface area contributed by atoms with E-state index in [0.717, 1.165) is 6.42 Å². The van der Waals surface area contributed by atoms with Gasteiger partial charge in [-0.2, -0.15) is 0 Å². The Bertz CT molecular complexity index is 1530. The number of benzene rings is 3. The van der Waals surface area contributed by atoms with Gasteiger partial charge in [0, 0.05) is 12.3 Å². The van der Waals surface area contributed by atoms with Gasteiger partial charge in [-0.15, -0.1) is 0 Å². The van der Waals surface area contributed by atoms with Gasteiger partial charge < -0.3 is 34.7 Å². The largest absolute Gasteiger partial charge is 0.495 e. The highest BCUT2D eigenvalue weighted by Crippen LogP contribution is 2.50. The number of amides is 2. The minimum absolute atomic E-state index is 0.341. The molecule has 11 heteroatoms. The number of Topliss-reactive ketones (excluding diaryl/α,β-unsaturated/α-hetero) is 1. The standard InChI is InChI=1S/C33H37BrN2O8/c1-6-15-44-30-20(34)16-19(17-26(30)43-5)27-28(31(38)35-21-11-7-9-13-24(21)41-3)23(37)18-33(2,40)29(27)32(39)36-22-12-8-10-14-25(22)42-4/h7-14,16-17,27-29,40H,6,15,18H2,1-5H3,(H,35,38)(H,36,39). The molecule has 0 radical (unpaired) electrons. The van der Waals surface area contributed by atoms with Crippen molar-refractivity contribution in [3.63, 3.8) is 0 Å². The minimum Gasteiger partial charge on any atom is -0.495 e. The zero-order valence-corrected chi connectivity index (χ0v) is 26.9. The van der Waals surface area contributed by atoms with Crippen LogP contribution in [-0.2, 0) is 14.4 Å². The van der Waals surface area contributed by atoms with Crippen LogP contribution in [0.25, 0.3) is 0 Å². The molecule has 0 aromatic heterocycles. The molecule has 44 heavy (non-hydrogen) atoms. The van der Waals surface area contributed by atoms with Crippen molar-refractivity contribution in [2.24, 2.45) is 11.8 Å². The van der Waals surface area contributed by atoms with Gasteiger partial charge in [0.2, 0.25) is 11.8 Å². The van der Waals surface area contributed by atoms with E-state index in [1.54, 1.807) is 60.7 Å². The first kappa shape index (κ1) is 32.8. The second-order valence-corrected chi connectivity index (χ2v) is 11.6. The van der Waals surface area contributed by atoms with E-state index >= 15 is 0 Å². The molecule has 0 aliphatic heterocycles. The summed E-state index contributed by atoms with van der Waals surface area (Å²) in [5, 5.41) is 17.4. The molecule has 0 heterocycles. The molecule has 1 saturated carbocycles. The first-order chi connectivity index (χ1) is 21.1.